The molecule has 4 rings (SSSR count). The molecule has 0 aromatic heterocycles. The highest BCUT2D eigenvalue weighted by Crippen LogP contribution is 2.46. The topological polar surface area (TPSA) is 113 Å². The SMILES string of the molecule is [C-]#[N+]c1cc(CN(C)C(=O)OC(C)(C)C)ccc1C(=O)N1CCC[C@@H](C(O)(CCCNC(=O)OC)c2cccc(Cl)c2-c2cccc(CC)c2)C1. The maximum absolute atomic E-state index is 14.1. The quantitative estimate of drug-likeness (QED) is 0.152. The molecule has 1 saturated heterocycles. The number of ether oxygens (including phenoxy) is 2. The summed E-state index contributed by atoms with van der Waals surface area (Å²) in [7, 11) is 2.93. The second-order valence-electron chi connectivity index (χ2n) is 14.1. The average molecular weight is 717 g/mol. The first-order valence-electron chi connectivity index (χ1n) is 17.4. The molecule has 1 aliphatic rings. The Balaban J connectivity index is 1.65. The van der Waals surface area contributed by atoms with E-state index in [1.165, 1.54) is 12.0 Å². The Morgan fingerprint density at radius 2 is 1.84 bits per heavy atom. The van der Waals surface area contributed by atoms with Crippen molar-refractivity contribution in [3.63, 3.8) is 0 Å². The molecule has 11 heteroatoms. The number of likely N-dealkylation sites (tertiary alicyclic amines) is 1. The molecular formula is C40H49ClN4O6. The van der Waals surface area contributed by atoms with Crippen LogP contribution in [-0.2, 0) is 28.0 Å². The lowest BCUT2D eigenvalue weighted by molar-refractivity contribution is -0.0563. The number of aliphatic hydroxyl groups is 1. The first-order valence-corrected chi connectivity index (χ1v) is 17.7. The van der Waals surface area contributed by atoms with Gasteiger partial charge in [0.25, 0.3) is 0 Å². The number of alkyl carbamates (subject to hydrolysis) is 1. The predicted molar refractivity (Wildman–Crippen MR) is 199 cm³/mol. The maximum Gasteiger partial charge on any atom is 0.410 e. The Labute approximate surface area is 306 Å². The number of carbonyl (C=O) groups is 3. The summed E-state index contributed by atoms with van der Waals surface area (Å²) in [6, 6.07) is 18.7. The summed E-state index contributed by atoms with van der Waals surface area (Å²) in [5.41, 5.74) is 2.52. The number of methoxy groups -OCH3 is 1. The van der Waals surface area contributed by atoms with Gasteiger partial charge in [-0.3, -0.25) is 4.79 Å². The van der Waals surface area contributed by atoms with Crippen LogP contribution in [0.2, 0.25) is 5.02 Å². The highest BCUT2D eigenvalue weighted by atomic mass is 35.5. The lowest BCUT2D eigenvalue weighted by Gasteiger charge is -2.44. The Morgan fingerprint density at radius 3 is 2.53 bits per heavy atom. The molecule has 0 bridgehead atoms. The van der Waals surface area contributed by atoms with E-state index < -0.39 is 23.4 Å². The third-order valence-electron chi connectivity index (χ3n) is 9.22. The summed E-state index contributed by atoms with van der Waals surface area (Å²) in [6.07, 6.45) is 1.83. The maximum atomic E-state index is 14.1. The molecule has 2 N–H and O–H groups in total. The minimum Gasteiger partial charge on any atom is -0.453 e. The molecule has 3 aromatic rings. The van der Waals surface area contributed by atoms with Crippen molar-refractivity contribution in [3.8, 4) is 11.1 Å². The zero-order chi connectivity index (χ0) is 37.3. The number of carbonyl (C=O) groups excluding carboxylic acids is 3. The van der Waals surface area contributed by atoms with Crippen LogP contribution in [-0.4, -0.2) is 72.4 Å². The number of aryl methyl sites for hydroxylation is 1. The Bertz CT molecular complexity index is 1770. The van der Waals surface area contributed by atoms with E-state index in [0.717, 1.165) is 23.1 Å². The monoisotopic (exact) mass is 716 g/mol. The van der Waals surface area contributed by atoms with Crippen molar-refractivity contribution in [2.24, 2.45) is 5.92 Å². The second-order valence-corrected chi connectivity index (χ2v) is 14.5. The Morgan fingerprint density at radius 1 is 1.10 bits per heavy atom. The number of amides is 3. The normalized spacial score (nSPS) is 15.7. The van der Waals surface area contributed by atoms with Crippen molar-refractivity contribution in [2.75, 3.05) is 33.8 Å². The van der Waals surface area contributed by atoms with Crippen molar-refractivity contribution in [2.45, 2.75) is 77.5 Å². The van der Waals surface area contributed by atoms with Crippen molar-refractivity contribution in [3.05, 3.63) is 99.4 Å². The average Bonchev–Trinajstić information content (AvgIpc) is 3.12. The Hall–Kier alpha value is -4.59. The van der Waals surface area contributed by atoms with Gasteiger partial charge in [-0.15, -0.1) is 0 Å². The van der Waals surface area contributed by atoms with Gasteiger partial charge in [-0.1, -0.05) is 73.1 Å². The van der Waals surface area contributed by atoms with Gasteiger partial charge in [0.1, 0.15) is 5.60 Å². The van der Waals surface area contributed by atoms with E-state index >= 15 is 0 Å². The molecule has 51 heavy (non-hydrogen) atoms. The smallest absolute Gasteiger partial charge is 0.410 e. The number of rotatable bonds is 11. The molecule has 0 radical (unpaired) electrons. The van der Waals surface area contributed by atoms with E-state index in [4.69, 9.17) is 27.6 Å². The van der Waals surface area contributed by atoms with E-state index in [0.29, 0.717) is 42.0 Å². The highest BCUT2D eigenvalue weighted by Gasteiger charge is 2.43. The van der Waals surface area contributed by atoms with Crippen LogP contribution in [0.1, 0.15) is 80.4 Å². The number of hydrogen-bond acceptors (Lipinski definition) is 6. The molecule has 272 valence electrons. The minimum atomic E-state index is -1.42. The highest BCUT2D eigenvalue weighted by molar-refractivity contribution is 6.33. The fourth-order valence-electron chi connectivity index (χ4n) is 6.65. The van der Waals surface area contributed by atoms with E-state index in [1.54, 1.807) is 50.9 Å². The third-order valence-corrected chi connectivity index (χ3v) is 9.53. The number of benzene rings is 3. The molecule has 1 unspecified atom stereocenters. The fraction of sp³-hybridized carbons (Fsp3) is 0.450. The zero-order valence-corrected chi connectivity index (χ0v) is 31.2. The summed E-state index contributed by atoms with van der Waals surface area (Å²) >= 11 is 6.90. The number of halogens is 1. The van der Waals surface area contributed by atoms with Gasteiger partial charge in [0.15, 0.2) is 5.69 Å². The summed E-state index contributed by atoms with van der Waals surface area (Å²) in [5.74, 6) is -0.674. The number of nitrogens with one attached hydrogen (secondary N) is 1. The van der Waals surface area contributed by atoms with Crippen molar-refractivity contribution >= 4 is 35.4 Å². The first kappa shape index (κ1) is 39.2. The lowest BCUT2D eigenvalue weighted by Crippen LogP contribution is -2.48. The van der Waals surface area contributed by atoms with Gasteiger partial charge in [0.2, 0.25) is 5.91 Å². The van der Waals surface area contributed by atoms with Crippen LogP contribution in [0, 0.1) is 12.5 Å². The van der Waals surface area contributed by atoms with Crippen molar-refractivity contribution < 1.29 is 29.0 Å². The summed E-state index contributed by atoms with van der Waals surface area (Å²) in [4.78, 5) is 45.2. The van der Waals surface area contributed by atoms with Gasteiger partial charge in [0, 0.05) is 55.3 Å². The zero-order valence-electron chi connectivity index (χ0n) is 30.4. The van der Waals surface area contributed by atoms with Gasteiger partial charge in [0.05, 0.1) is 19.3 Å². The van der Waals surface area contributed by atoms with Crippen LogP contribution in [0.25, 0.3) is 16.0 Å². The largest absolute Gasteiger partial charge is 0.453 e. The molecule has 1 fully saturated rings. The van der Waals surface area contributed by atoms with Crippen LogP contribution in [0.4, 0.5) is 15.3 Å². The molecular weight excluding hydrogens is 668 g/mol. The summed E-state index contributed by atoms with van der Waals surface area (Å²) < 4.78 is 10.2. The van der Waals surface area contributed by atoms with Gasteiger partial charge in [-0.25, -0.2) is 14.4 Å². The second kappa shape index (κ2) is 17.1. The van der Waals surface area contributed by atoms with Gasteiger partial charge < -0.3 is 29.7 Å². The van der Waals surface area contributed by atoms with Gasteiger partial charge in [-0.2, -0.15) is 0 Å². The molecule has 0 saturated carbocycles. The molecule has 1 aliphatic heterocycles. The van der Waals surface area contributed by atoms with Crippen molar-refractivity contribution in [1.29, 1.82) is 0 Å². The standard InChI is InChI=1S/C40H49ClN4O6/c1-8-27-13-9-14-29(23-27)35-32(16-10-17-33(35)41)40(49,20-12-21-43-37(47)50-7)30-15-11-22-45(26-30)36(46)31-19-18-28(24-34(31)42-5)25-44(6)38(48)51-39(2,3)4/h9-10,13-14,16-19,23-24,30,49H,8,11-12,15,20-22,25-26H2,1-4,6-7H3,(H,43,47)/t30-,40?/m1/s1. The molecule has 3 aromatic carbocycles. The van der Waals surface area contributed by atoms with Crippen LogP contribution >= 0.6 is 11.6 Å². The van der Waals surface area contributed by atoms with Gasteiger partial charge >= 0.3 is 12.2 Å². The van der Waals surface area contributed by atoms with Crippen LogP contribution < -0.4 is 5.32 Å². The third kappa shape index (κ3) is 9.81. The summed E-state index contributed by atoms with van der Waals surface area (Å²) in [6.45, 7) is 16.6. The summed E-state index contributed by atoms with van der Waals surface area (Å²) in [5, 5.41) is 16.1. The van der Waals surface area contributed by atoms with Crippen molar-refractivity contribution in [1.82, 2.24) is 15.1 Å². The fourth-order valence-corrected chi connectivity index (χ4v) is 6.94. The van der Waals surface area contributed by atoms with E-state index in [-0.39, 0.29) is 49.1 Å². The molecule has 10 nitrogen and oxygen atoms in total. The molecule has 1 heterocycles. The lowest BCUT2D eigenvalue weighted by atomic mass is 9.72. The number of nitrogens with zero attached hydrogens (tertiary/aromatic N) is 3. The first-order chi connectivity index (χ1) is 24.2. The predicted octanol–water partition coefficient (Wildman–Crippen LogP) is 8.36. The van der Waals surface area contributed by atoms with E-state index in [9.17, 15) is 19.5 Å². The molecule has 0 aliphatic carbocycles. The van der Waals surface area contributed by atoms with Crippen LogP contribution in [0.3, 0.4) is 0 Å². The van der Waals surface area contributed by atoms with E-state index in [1.807, 2.05) is 30.3 Å². The molecule has 0 spiro atoms. The van der Waals surface area contributed by atoms with E-state index in [2.05, 4.69) is 29.2 Å². The van der Waals surface area contributed by atoms with Crippen LogP contribution in [0.15, 0.2) is 60.7 Å². The minimum absolute atomic E-state index is 0.189. The Kier molecular flexibility index (Phi) is 13.1. The molecule has 2 atom stereocenters. The van der Waals surface area contributed by atoms with Gasteiger partial charge in [-0.05, 0) is 81.2 Å². The van der Waals surface area contributed by atoms with Crippen LogP contribution in [0.5, 0.6) is 0 Å². The number of piperidine rings is 1. The molecule has 3 amide bonds. The number of hydrogen-bond donors (Lipinski definition) is 2.